The number of nitrogens with zero attached hydrogens (tertiary/aromatic N) is 4. The van der Waals surface area contributed by atoms with E-state index in [9.17, 15) is 19.2 Å². The summed E-state index contributed by atoms with van der Waals surface area (Å²) < 4.78 is 7.78. The first-order chi connectivity index (χ1) is 15.0. The summed E-state index contributed by atoms with van der Waals surface area (Å²) in [7, 11) is 1.66. The quantitative estimate of drug-likeness (QED) is 0.459. The van der Waals surface area contributed by atoms with Gasteiger partial charge < -0.3 is 10.1 Å². The number of ether oxygens (including phenoxy) is 1. The summed E-state index contributed by atoms with van der Waals surface area (Å²) in [4.78, 5) is 53.5. The lowest BCUT2D eigenvalue weighted by molar-refractivity contribution is -0.147. The Hall–Kier alpha value is -3.82. The van der Waals surface area contributed by atoms with Crippen LogP contribution >= 0.6 is 0 Å². The van der Waals surface area contributed by atoms with E-state index in [1.165, 1.54) is 24.1 Å². The van der Waals surface area contributed by atoms with E-state index in [4.69, 9.17) is 4.74 Å². The highest BCUT2D eigenvalue weighted by molar-refractivity contribution is 6.01. The number of Topliss-reactive ketones (excluding diaryl/α,β-unsaturated/α-hetero) is 1. The summed E-state index contributed by atoms with van der Waals surface area (Å²) in [5.41, 5.74) is 0.326. The summed E-state index contributed by atoms with van der Waals surface area (Å²) >= 11 is 0. The Morgan fingerprint density at radius 1 is 1.16 bits per heavy atom. The molecular weight excluding hydrogens is 414 g/mol. The van der Waals surface area contributed by atoms with Gasteiger partial charge in [0.25, 0.3) is 5.56 Å². The van der Waals surface area contributed by atoms with Crippen molar-refractivity contribution in [3.63, 3.8) is 0 Å². The molecule has 1 unspecified atom stereocenters. The number of hydrogen-bond donors (Lipinski definition) is 1. The van der Waals surface area contributed by atoms with Gasteiger partial charge in [0.15, 0.2) is 11.8 Å². The number of amides is 1. The highest BCUT2D eigenvalue weighted by atomic mass is 16.5. The van der Waals surface area contributed by atoms with E-state index in [1.807, 2.05) is 0 Å². The highest BCUT2D eigenvalue weighted by Gasteiger charge is 2.23. The average molecular weight is 439 g/mol. The Kier molecular flexibility index (Phi) is 6.24. The fraction of sp³-hybridized carbons (Fsp3) is 0.364. The molecule has 0 bridgehead atoms. The first kappa shape index (κ1) is 22.9. The number of rotatable bonds is 6. The van der Waals surface area contributed by atoms with Gasteiger partial charge in [0.1, 0.15) is 18.3 Å². The van der Waals surface area contributed by atoms with Crippen LogP contribution in [0.2, 0.25) is 0 Å². The van der Waals surface area contributed by atoms with Gasteiger partial charge in [-0.25, -0.2) is 4.98 Å². The van der Waals surface area contributed by atoms with Crippen LogP contribution in [0.3, 0.4) is 0 Å². The lowest BCUT2D eigenvalue weighted by Gasteiger charge is -2.18. The summed E-state index contributed by atoms with van der Waals surface area (Å²) in [6.07, 6.45) is 1.57. The number of anilines is 1. The standard InChI is InChI=1S/C22H25N5O5/c1-13(18(29)14-6-8-15(9-7-14)25-21(31)22(2,3)4)32-17(28)11-27-12-23-19-16(20(27)30)10-24-26(19)5/h6-10,12-13H,11H2,1-5H3,(H,25,31). The molecule has 0 aliphatic carbocycles. The van der Waals surface area contributed by atoms with Crippen LogP contribution in [0.4, 0.5) is 5.69 Å². The van der Waals surface area contributed by atoms with E-state index >= 15 is 0 Å². The van der Waals surface area contributed by atoms with Crippen LogP contribution in [0.15, 0.2) is 41.6 Å². The molecule has 2 aromatic heterocycles. The zero-order valence-electron chi connectivity index (χ0n) is 18.6. The van der Waals surface area contributed by atoms with Gasteiger partial charge in [0, 0.05) is 23.7 Å². The molecule has 1 aromatic carbocycles. The van der Waals surface area contributed by atoms with E-state index in [-0.39, 0.29) is 17.8 Å². The second kappa shape index (κ2) is 8.74. The number of ketones is 1. The number of fused-ring (bicyclic) bond motifs is 1. The number of esters is 1. The van der Waals surface area contributed by atoms with Crippen molar-refractivity contribution < 1.29 is 19.1 Å². The number of benzene rings is 1. The molecule has 32 heavy (non-hydrogen) atoms. The molecule has 0 saturated carbocycles. The molecule has 10 nitrogen and oxygen atoms in total. The Bertz CT molecular complexity index is 1230. The van der Waals surface area contributed by atoms with Crippen molar-refractivity contribution in [2.24, 2.45) is 12.5 Å². The second-order valence-electron chi connectivity index (χ2n) is 8.46. The van der Waals surface area contributed by atoms with Gasteiger partial charge in [-0.3, -0.25) is 28.4 Å². The summed E-state index contributed by atoms with van der Waals surface area (Å²) in [5.74, 6) is -1.29. The molecule has 3 rings (SSSR count). The smallest absolute Gasteiger partial charge is 0.326 e. The van der Waals surface area contributed by atoms with Gasteiger partial charge in [0.05, 0.1) is 6.20 Å². The monoisotopic (exact) mass is 439 g/mol. The van der Waals surface area contributed by atoms with Crippen molar-refractivity contribution in [3.8, 4) is 0 Å². The van der Waals surface area contributed by atoms with E-state index in [0.29, 0.717) is 16.9 Å². The van der Waals surface area contributed by atoms with E-state index in [1.54, 1.807) is 52.1 Å². The van der Waals surface area contributed by atoms with Crippen LogP contribution in [-0.4, -0.2) is 43.1 Å². The van der Waals surface area contributed by atoms with Gasteiger partial charge in [-0.1, -0.05) is 20.8 Å². The molecule has 0 aliphatic rings. The SMILES string of the molecule is CC(OC(=O)Cn1cnc2c(cnn2C)c1=O)C(=O)c1ccc(NC(=O)C(C)(C)C)cc1. The molecule has 1 atom stereocenters. The number of carbonyl (C=O) groups is 3. The van der Waals surface area contributed by atoms with Crippen molar-refractivity contribution in [2.45, 2.75) is 40.3 Å². The van der Waals surface area contributed by atoms with Gasteiger partial charge >= 0.3 is 5.97 Å². The first-order valence-corrected chi connectivity index (χ1v) is 9.99. The molecule has 10 heteroatoms. The minimum atomic E-state index is -1.05. The average Bonchev–Trinajstić information content (AvgIpc) is 3.11. The Morgan fingerprint density at radius 3 is 2.44 bits per heavy atom. The largest absolute Gasteiger partial charge is 0.453 e. The van der Waals surface area contributed by atoms with Crippen molar-refractivity contribution in [3.05, 3.63) is 52.7 Å². The minimum absolute atomic E-state index is 0.145. The summed E-state index contributed by atoms with van der Waals surface area (Å²) in [6.45, 7) is 6.48. The lowest BCUT2D eigenvalue weighted by Crippen LogP contribution is -2.30. The maximum Gasteiger partial charge on any atom is 0.326 e. The van der Waals surface area contributed by atoms with Crippen LogP contribution in [0, 0.1) is 5.41 Å². The number of aromatic nitrogens is 4. The van der Waals surface area contributed by atoms with E-state index in [2.05, 4.69) is 15.4 Å². The maximum absolute atomic E-state index is 12.6. The van der Waals surface area contributed by atoms with E-state index in [0.717, 1.165) is 4.57 Å². The molecule has 0 fully saturated rings. The van der Waals surface area contributed by atoms with Gasteiger partial charge in [-0.15, -0.1) is 0 Å². The van der Waals surface area contributed by atoms with Crippen molar-refractivity contribution >= 4 is 34.4 Å². The summed E-state index contributed by atoms with van der Waals surface area (Å²) in [6, 6.07) is 6.32. The fourth-order valence-electron chi connectivity index (χ4n) is 2.88. The molecular formula is C22H25N5O5. The van der Waals surface area contributed by atoms with Crippen molar-refractivity contribution in [1.82, 2.24) is 19.3 Å². The van der Waals surface area contributed by atoms with Gasteiger partial charge in [-0.05, 0) is 31.2 Å². The maximum atomic E-state index is 12.6. The molecule has 2 heterocycles. The number of hydrogen-bond acceptors (Lipinski definition) is 7. The minimum Gasteiger partial charge on any atom is -0.453 e. The van der Waals surface area contributed by atoms with Crippen LogP contribution in [-0.2, 0) is 27.9 Å². The summed E-state index contributed by atoms with van der Waals surface area (Å²) in [5, 5.41) is 7.03. The van der Waals surface area contributed by atoms with Crippen molar-refractivity contribution in [2.75, 3.05) is 5.32 Å². The van der Waals surface area contributed by atoms with Crippen LogP contribution < -0.4 is 10.9 Å². The number of carbonyl (C=O) groups excluding carboxylic acids is 3. The Labute approximate surface area is 184 Å². The van der Waals surface area contributed by atoms with Crippen molar-refractivity contribution in [1.29, 1.82) is 0 Å². The van der Waals surface area contributed by atoms with Crippen LogP contribution in [0.5, 0.6) is 0 Å². The predicted molar refractivity (Wildman–Crippen MR) is 117 cm³/mol. The topological polar surface area (TPSA) is 125 Å². The van der Waals surface area contributed by atoms with Gasteiger partial charge in [0.2, 0.25) is 11.7 Å². The fourth-order valence-corrected chi connectivity index (χ4v) is 2.88. The third-order valence-corrected chi connectivity index (χ3v) is 4.80. The number of aryl methyl sites for hydroxylation is 1. The molecule has 0 radical (unpaired) electrons. The van der Waals surface area contributed by atoms with E-state index < -0.39 is 28.8 Å². The zero-order chi connectivity index (χ0) is 23.6. The molecule has 0 aliphatic heterocycles. The van der Waals surface area contributed by atoms with Gasteiger partial charge in [-0.2, -0.15) is 5.10 Å². The predicted octanol–water partition coefficient (Wildman–Crippen LogP) is 1.93. The lowest BCUT2D eigenvalue weighted by atomic mass is 9.95. The zero-order valence-corrected chi connectivity index (χ0v) is 18.6. The normalized spacial score (nSPS) is 12.4. The molecule has 168 valence electrons. The third-order valence-electron chi connectivity index (χ3n) is 4.80. The first-order valence-electron chi connectivity index (χ1n) is 9.99. The highest BCUT2D eigenvalue weighted by Crippen LogP contribution is 2.18. The second-order valence-corrected chi connectivity index (χ2v) is 8.46. The Morgan fingerprint density at radius 2 is 1.81 bits per heavy atom. The van der Waals surface area contributed by atoms with Crippen LogP contribution in [0.25, 0.3) is 11.0 Å². The molecule has 0 spiro atoms. The van der Waals surface area contributed by atoms with Crippen LogP contribution in [0.1, 0.15) is 38.1 Å². The molecule has 3 aromatic rings. The molecule has 1 N–H and O–H groups in total. The Balaban J connectivity index is 1.63. The number of nitrogens with one attached hydrogen (secondary N) is 1. The third kappa shape index (κ3) is 4.90. The molecule has 1 amide bonds. The molecule has 0 saturated heterocycles.